The van der Waals surface area contributed by atoms with E-state index in [-0.39, 0.29) is 29.4 Å². The number of H-pyrrole nitrogens is 1. The number of amides is 1. The highest BCUT2D eigenvalue weighted by Crippen LogP contribution is 2.39. The van der Waals surface area contributed by atoms with E-state index >= 15 is 0 Å². The first-order chi connectivity index (χ1) is 14.6. The molecule has 0 radical (unpaired) electrons. The van der Waals surface area contributed by atoms with E-state index in [9.17, 15) is 9.90 Å². The molecule has 1 amide bonds. The van der Waals surface area contributed by atoms with E-state index in [0.29, 0.717) is 18.9 Å². The van der Waals surface area contributed by atoms with Crippen molar-refractivity contribution in [2.24, 2.45) is 0 Å². The summed E-state index contributed by atoms with van der Waals surface area (Å²) < 4.78 is 5.52. The average Bonchev–Trinajstić information content (AvgIpc) is 3.30. The van der Waals surface area contributed by atoms with Gasteiger partial charge >= 0.3 is 0 Å². The van der Waals surface area contributed by atoms with Crippen LogP contribution in [0.2, 0.25) is 0 Å². The van der Waals surface area contributed by atoms with E-state index in [0.717, 1.165) is 43.2 Å². The van der Waals surface area contributed by atoms with Crippen molar-refractivity contribution in [3.63, 3.8) is 0 Å². The van der Waals surface area contributed by atoms with E-state index in [1.165, 1.54) is 18.2 Å². The Morgan fingerprint density at radius 1 is 1.33 bits per heavy atom. The van der Waals surface area contributed by atoms with Crippen molar-refractivity contribution in [1.82, 2.24) is 9.97 Å². The summed E-state index contributed by atoms with van der Waals surface area (Å²) in [5.74, 6) is -0.277. The summed E-state index contributed by atoms with van der Waals surface area (Å²) in [4.78, 5) is 19.4. The minimum atomic E-state index is -0.384. The Morgan fingerprint density at radius 2 is 2.17 bits per heavy atom. The normalized spacial score (nSPS) is 18.3. The monoisotopic (exact) mass is 406 g/mol. The third-order valence-electron chi connectivity index (χ3n) is 6.18. The van der Waals surface area contributed by atoms with Crippen LogP contribution in [0.15, 0.2) is 30.5 Å². The standard InChI is InChI=1S/C23H26N4O3/c24-13-18-14-25-21(26-18)22(29)27-20-7-6-17(23(15-28)8-10-30-11-9-23)12-19(20)16-4-2-1-3-5-16/h4,6-7,12,14,28H,1-3,5,8-11,15H2,(H,25,26)(H,27,29). The fourth-order valence-electron chi connectivity index (χ4n) is 4.31. The van der Waals surface area contributed by atoms with Gasteiger partial charge in [-0.2, -0.15) is 5.26 Å². The van der Waals surface area contributed by atoms with E-state index in [1.54, 1.807) is 0 Å². The van der Waals surface area contributed by atoms with Crippen LogP contribution in [0.1, 0.15) is 66.0 Å². The van der Waals surface area contributed by atoms with Gasteiger partial charge in [0.2, 0.25) is 0 Å². The maximum atomic E-state index is 12.7. The summed E-state index contributed by atoms with van der Waals surface area (Å²) in [5, 5.41) is 22.1. The Balaban J connectivity index is 1.70. The van der Waals surface area contributed by atoms with Crippen LogP contribution in [0, 0.1) is 11.3 Å². The third kappa shape index (κ3) is 4.02. The van der Waals surface area contributed by atoms with Gasteiger partial charge in [0, 0.05) is 36.1 Å². The van der Waals surface area contributed by atoms with E-state index < -0.39 is 0 Å². The second-order valence-corrected chi connectivity index (χ2v) is 7.99. The number of allylic oxidation sites excluding steroid dienone is 2. The largest absolute Gasteiger partial charge is 0.395 e. The van der Waals surface area contributed by atoms with Crippen LogP contribution in [0.3, 0.4) is 0 Å². The number of nitrogens with one attached hydrogen (secondary N) is 2. The molecule has 2 aliphatic rings. The molecule has 0 atom stereocenters. The van der Waals surface area contributed by atoms with Crippen molar-refractivity contribution in [2.75, 3.05) is 25.1 Å². The van der Waals surface area contributed by atoms with Crippen molar-refractivity contribution in [3.05, 3.63) is 53.1 Å². The van der Waals surface area contributed by atoms with E-state index in [1.807, 2.05) is 18.2 Å². The number of rotatable bonds is 5. The Hall–Kier alpha value is -2.95. The first-order valence-corrected chi connectivity index (χ1v) is 10.4. The number of aromatic amines is 1. The highest BCUT2D eigenvalue weighted by atomic mass is 16.5. The molecule has 0 spiro atoms. The maximum Gasteiger partial charge on any atom is 0.291 e. The van der Waals surface area contributed by atoms with Gasteiger partial charge in [-0.25, -0.2) is 4.98 Å². The summed E-state index contributed by atoms with van der Waals surface area (Å²) in [6, 6.07) is 7.95. The number of benzene rings is 1. The molecule has 7 nitrogen and oxygen atoms in total. The number of anilines is 1. The minimum Gasteiger partial charge on any atom is -0.395 e. The number of nitriles is 1. The molecule has 0 saturated carbocycles. The van der Waals surface area contributed by atoms with Crippen molar-refractivity contribution >= 4 is 17.2 Å². The highest BCUT2D eigenvalue weighted by molar-refractivity contribution is 6.03. The van der Waals surface area contributed by atoms with E-state index in [4.69, 9.17) is 10.00 Å². The number of hydrogen-bond donors (Lipinski definition) is 3. The van der Waals surface area contributed by atoms with Crippen molar-refractivity contribution in [2.45, 2.75) is 43.9 Å². The average molecular weight is 406 g/mol. The molecule has 1 fully saturated rings. The van der Waals surface area contributed by atoms with Gasteiger partial charge in [-0.3, -0.25) is 4.79 Å². The van der Waals surface area contributed by atoms with Gasteiger partial charge in [0.15, 0.2) is 11.5 Å². The lowest BCUT2D eigenvalue weighted by Crippen LogP contribution is -2.37. The maximum absolute atomic E-state index is 12.7. The molecule has 1 saturated heterocycles. The Bertz CT molecular complexity index is 996. The topological polar surface area (TPSA) is 111 Å². The van der Waals surface area contributed by atoms with Crippen molar-refractivity contribution in [1.29, 1.82) is 5.26 Å². The zero-order chi connectivity index (χ0) is 21.0. The molecular weight excluding hydrogens is 380 g/mol. The van der Waals surface area contributed by atoms with Crippen molar-refractivity contribution < 1.29 is 14.6 Å². The minimum absolute atomic E-state index is 0.0733. The number of ether oxygens (including phenoxy) is 1. The lowest BCUT2D eigenvalue weighted by Gasteiger charge is -2.36. The molecule has 1 aromatic heterocycles. The third-order valence-corrected chi connectivity index (χ3v) is 6.18. The van der Waals surface area contributed by atoms with Gasteiger partial charge < -0.3 is 20.1 Å². The van der Waals surface area contributed by atoms with Crippen molar-refractivity contribution in [3.8, 4) is 6.07 Å². The second-order valence-electron chi connectivity index (χ2n) is 7.99. The summed E-state index contributed by atoms with van der Waals surface area (Å²) in [6.45, 7) is 1.34. The van der Waals surface area contributed by atoms with Crippen LogP contribution in [-0.4, -0.2) is 40.8 Å². The molecular formula is C23H26N4O3. The van der Waals surface area contributed by atoms with Crippen LogP contribution in [-0.2, 0) is 10.2 Å². The second kappa shape index (κ2) is 8.82. The Labute approximate surface area is 175 Å². The van der Waals surface area contributed by atoms with Gasteiger partial charge in [-0.1, -0.05) is 12.1 Å². The fourth-order valence-corrected chi connectivity index (χ4v) is 4.31. The quantitative estimate of drug-likeness (QED) is 0.703. The van der Waals surface area contributed by atoms with Gasteiger partial charge in [-0.15, -0.1) is 0 Å². The molecule has 1 aliphatic carbocycles. The lowest BCUT2D eigenvalue weighted by molar-refractivity contribution is 0.0253. The fraction of sp³-hybridized carbons (Fsp3) is 0.435. The zero-order valence-electron chi connectivity index (χ0n) is 16.9. The SMILES string of the molecule is N#Cc1c[nH]c(C(=O)Nc2ccc(C3(CO)CCOCC3)cc2C2=CCCCC2)n1. The molecule has 4 rings (SSSR count). The summed E-state index contributed by atoms with van der Waals surface area (Å²) in [7, 11) is 0. The lowest BCUT2D eigenvalue weighted by atomic mass is 9.74. The highest BCUT2D eigenvalue weighted by Gasteiger charge is 2.34. The molecule has 7 heteroatoms. The predicted octanol–water partition coefficient (Wildman–Crippen LogP) is 3.53. The number of carbonyl (C=O) groups is 1. The zero-order valence-corrected chi connectivity index (χ0v) is 16.9. The first-order valence-electron chi connectivity index (χ1n) is 10.4. The molecule has 3 N–H and O–H groups in total. The van der Waals surface area contributed by atoms with Crippen LogP contribution < -0.4 is 5.32 Å². The molecule has 30 heavy (non-hydrogen) atoms. The Morgan fingerprint density at radius 3 is 2.83 bits per heavy atom. The molecule has 2 aromatic rings. The number of aliphatic hydroxyl groups is 1. The number of nitrogens with zero attached hydrogens (tertiary/aromatic N) is 2. The summed E-state index contributed by atoms with van der Waals surface area (Å²) >= 11 is 0. The Kier molecular flexibility index (Phi) is 5.98. The molecule has 1 aromatic carbocycles. The first kappa shape index (κ1) is 20.3. The van der Waals surface area contributed by atoms with Gasteiger partial charge in [0.1, 0.15) is 6.07 Å². The van der Waals surface area contributed by atoms with Crippen LogP contribution in [0.25, 0.3) is 5.57 Å². The number of hydrogen-bond acceptors (Lipinski definition) is 5. The van der Waals surface area contributed by atoms with Crippen LogP contribution in [0.4, 0.5) is 5.69 Å². The van der Waals surface area contributed by atoms with Gasteiger partial charge in [0.05, 0.1) is 6.61 Å². The summed E-state index contributed by atoms with van der Waals surface area (Å²) in [6.07, 6.45) is 9.48. The van der Waals surface area contributed by atoms with Gasteiger partial charge in [-0.05, 0) is 61.8 Å². The van der Waals surface area contributed by atoms with Crippen LogP contribution >= 0.6 is 0 Å². The molecule has 0 bridgehead atoms. The number of imidazole rings is 1. The number of aliphatic hydroxyl groups excluding tert-OH is 1. The van der Waals surface area contributed by atoms with E-state index in [2.05, 4.69) is 27.4 Å². The molecule has 156 valence electrons. The smallest absolute Gasteiger partial charge is 0.291 e. The molecule has 0 unspecified atom stereocenters. The predicted molar refractivity (Wildman–Crippen MR) is 113 cm³/mol. The number of carbonyl (C=O) groups excluding carboxylic acids is 1. The molecule has 1 aliphatic heterocycles. The van der Waals surface area contributed by atoms with Gasteiger partial charge in [0.25, 0.3) is 5.91 Å². The van der Waals surface area contributed by atoms with Crippen LogP contribution in [0.5, 0.6) is 0 Å². The molecule has 2 heterocycles. The summed E-state index contributed by atoms with van der Waals surface area (Å²) in [5.41, 5.74) is 3.87. The number of aromatic nitrogens is 2.